The van der Waals surface area contributed by atoms with Crippen molar-refractivity contribution < 1.29 is 9.53 Å². The number of rotatable bonds is 5. The number of halogens is 2. The standard InChI is InChI=1S/C17H18Cl2N2O2S/c18-13-4-1-3-12(16(13)19)17(22)20-11-14(15-5-2-10-24-15)21-6-8-23-9-7-21/h1-5,10,14H,6-9,11H2,(H,20,22). The van der Waals surface area contributed by atoms with Crippen LogP contribution in [0.25, 0.3) is 0 Å². The first-order valence-electron chi connectivity index (χ1n) is 7.74. The molecule has 128 valence electrons. The summed E-state index contributed by atoms with van der Waals surface area (Å²) in [5, 5.41) is 5.72. The number of carbonyl (C=O) groups excluding carboxylic acids is 1. The maximum atomic E-state index is 12.5. The summed E-state index contributed by atoms with van der Waals surface area (Å²) in [6.45, 7) is 3.67. The van der Waals surface area contributed by atoms with Crippen LogP contribution in [-0.2, 0) is 4.74 Å². The molecule has 1 fully saturated rings. The fourth-order valence-electron chi connectivity index (χ4n) is 2.74. The lowest BCUT2D eigenvalue weighted by molar-refractivity contribution is 0.0169. The lowest BCUT2D eigenvalue weighted by Gasteiger charge is -2.34. The summed E-state index contributed by atoms with van der Waals surface area (Å²) < 4.78 is 5.43. The van der Waals surface area contributed by atoms with Crippen molar-refractivity contribution in [2.24, 2.45) is 0 Å². The highest BCUT2D eigenvalue weighted by molar-refractivity contribution is 7.10. The number of thiophene rings is 1. The molecule has 0 aliphatic carbocycles. The molecule has 1 amide bonds. The Kier molecular flexibility index (Phi) is 6.14. The summed E-state index contributed by atoms with van der Waals surface area (Å²) >= 11 is 13.8. The fraction of sp³-hybridized carbons (Fsp3) is 0.353. The zero-order valence-corrected chi connectivity index (χ0v) is 15.3. The highest BCUT2D eigenvalue weighted by Crippen LogP contribution is 2.27. The van der Waals surface area contributed by atoms with E-state index in [2.05, 4.69) is 21.7 Å². The summed E-state index contributed by atoms with van der Waals surface area (Å²) in [7, 11) is 0. The number of hydrogen-bond donors (Lipinski definition) is 1. The van der Waals surface area contributed by atoms with E-state index < -0.39 is 0 Å². The highest BCUT2D eigenvalue weighted by atomic mass is 35.5. The third kappa shape index (κ3) is 4.10. The molecule has 2 aromatic rings. The fourth-order valence-corrected chi connectivity index (χ4v) is 3.99. The Bertz CT molecular complexity index is 688. The van der Waals surface area contributed by atoms with Crippen molar-refractivity contribution in [1.82, 2.24) is 10.2 Å². The van der Waals surface area contributed by atoms with Crippen LogP contribution in [0.2, 0.25) is 10.0 Å². The number of ether oxygens (including phenoxy) is 1. The van der Waals surface area contributed by atoms with Gasteiger partial charge in [0.1, 0.15) is 0 Å². The van der Waals surface area contributed by atoms with Crippen LogP contribution < -0.4 is 5.32 Å². The second-order valence-electron chi connectivity index (χ2n) is 5.49. The molecular weight excluding hydrogens is 367 g/mol. The van der Waals surface area contributed by atoms with E-state index in [1.165, 1.54) is 4.88 Å². The maximum Gasteiger partial charge on any atom is 0.252 e. The van der Waals surface area contributed by atoms with Crippen LogP contribution in [0.3, 0.4) is 0 Å². The molecule has 1 aliphatic rings. The van der Waals surface area contributed by atoms with E-state index in [0.29, 0.717) is 17.1 Å². The van der Waals surface area contributed by atoms with E-state index in [4.69, 9.17) is 27.9 Å². The topological polar surface area (TPSA) is 41.6 Å². The molecule has 7 heteroatoms. The van der Waals surface area contributed by atoms with Crippen molar-refractivity contribution in [3.05, 3.63) is 56.2 Å². The number of nitrogens with one attached hydrogen (secondary N) is 1. The van der Waals surface area contributed by atoms with Crippen LogP contribution in [0.4, 0.5) is 0 Å². The average molecular weight is 385 g/mol. The molecular formula is C17H18Cl2N2O2S. The number of hydrogen-bond acceptors (Lipinski definition) is 4. The number of nitrogens with zero attached hydrogens (tertiary/aromatic N) is 1. The molecule has 0 bridgehead atoms. The van der Waals surface area contributed by atoms with Gasteiger partial charge < -0.3 is 10.1 Å². The normalized spacial score (nSPS) is 16.8. The Morgan fingerprint density at radius 3 is 2.75 bits per heavy atom. The minimum Gasteiger partial charge on any atom is -0.379 e. The molecule has 1 saturated heterocycles. The van der Waals surface area contributed by atoms with Gasteiger partial charge in [-0.25, -0.2) is 0 Å². The average Bonchev–Trinajstić information content (AvgIpc) is 3.12. The van der Waals surface area contributed by atoms with Crippen molar-refractivity contribution >= 4 is 40.4 Å². The van der Waals surface area contributed by atoms with Gasteiger partial charge in [0, 0.05) is 24.5 Å². The van der Waals surface area contributed by atoms with Gasteiger partial charge >= 0.3 is 0 Å². The summed E-state index contributed by atoms with van der Waals surface area (Å²) in [5.74, 6) is -0.211. The molecule has 1 aromatic heterocycles. The molecule has 1 aliphatic heterocycles. The predicted octanol–water partition coefficient (Wildman–Crippen LogP) is 3.86. The van der Waals surface area contributed by atoms with Gasteiger partial charge in [0.15, 0.2) is 0 Å². The second kappa shape index (κ2) is 8.32. The van der Waals surface area contributed by atoms with Gasteiger partial charge in [-0.15, -0.1) is 11.3 Å². The monoisotopic (exact) mass is 384 g/mol. The zero-order chi connectivity index (χ0) is 16.9. The van der Waals surface area contributed by atoms with Crippen molar-refractivity contribution in [3.8, 4) is 0 Å². The summed E-state index contributed by atoms with van der Waals surface area (Å²) in [5.41, 5.74) is 0.399. The van der Waals surface area contributed by atoms with E-state index >= 15 is 0 Å². The summed E-state index contributed by atoms with van der Waals surface area (Å²) in [6.07, 6.45) is 0. The third-order valence-corrected chi connectivity index (χ3v) is 5.80. The van der Waals surface area contributed by atoms with Crippen LogP contribution in [0.5, 0.6) is 0 Å². The van der Waals surface area contributed by atoms with Crippen LogP contribution in [-0.4, -0.2) is 43.7 Å². The van der Waals surface area contributed by atoms with Crippen molar-refractivity contribution in [1.29, 1.82) is 0 Å². The lowest BCUT2D eigenvalue weighted by Crippen LogP contribution is -2.43. The molecule has 1 unspecified atom stereocenters. The number of morpholine rings is 1. The van der Waals surface area contributed by atoms with Gasteiger partial charge in [-0.2, -0.15) is 0 Å². The molecule has 0 spiro atoms. The quantitative estimate of drug-likeness (QED) is 0.850. The second-order valence-corrected chi connectivity index (χ2v) is 7.26. The molecule has 0 radical (unpaired) electrons. The van der Waals surface area contributed by atoms with E-state index in [1.54, 1.807) is 29.5 Å². The molecule has 1 aromatic carbocycles. The Morgan fingerprint density at radius 2 is 2.04 bits per heavy atom. The Balaban J connectivity index is 1.71. The van der Waals surface area contributed by atoms with Crippen molar-refractivity contribution in [2.45, 2.75) is 6.04 Å². The first-order chi connectivity index (χ1) is 11.7. The van der Waals surface area contributed by atoms with Gasteiger partial charge in [-0.3, -0.25) is 9.69 Å². The third-order valence-electron chi connectivity index (χ3n) is 4.01. The minimum atomic E-state index is -0.211. The predicted molar refractivity (Wildman–Crippen MR) is 98.2 cm³/mol. The number of benzene rings is 1. The molecule has 4 nitrogen and oxygen atoms in total. The van der Waals surface area contributed by atoms with Crippen LogP contribution in [0, 0.1) is 0 Å². The van der Waals surface area contributed by atoms with Gasteiger partial charge in [-0.05, 0) is 23.6 Å². The van der Waals surface area contributed by atoms with E-state index in [-0.39, 0.29) is 17.0 Å². The summed E-state index contributed by atoms with van der Waals surface area (Å²) in [4.78, 5) is 16.1. The Labute approximate surface area is 155 Å². The molecule has 0 saturated carbocycles. The first kappa shape index (κ1) is 17.7. The van der Waals surface area contributed by atoms with Gasteiger partial charge in [0.2, 0.25) is 0 Å². The number of amides is 1. The molecule has 24 heavy (non-hydrogen) atoms. The Morgan fingerprint density at radius 1 is 1.25 bits per heavy atom. The minimum absolute atomic E-state index is 0.135. The van der Waals surface area contributed by atoms with E-state index in [1.807, 2.05) is 6.07 Å². The number of carbonyl (C=O) groups is 1. The molecule has 1 atom stereocenters. The van der Waals surface area contributed by atoms with Crippen LogP contribution >= 0.6 is 34.5 Å². The molecule has 1 N–H and O–H groups in total. The van der Waals surface area contributed by atoms with Crippen molar-refractivity contribution in [2.75, 3.05) is 32.8 Å². The molecule has 2 heterocycles. The SMILES string of the molecule is O=C(NCC(c1cccs1)N1CCOCC1)c1cccc(Cl)c1Cl. The van der Waals surface area contributed by atoms with Crippen LogP contribution in [0.15, 0.2) is 35.7 Å². The first-order valence-corrected chi connectivity index (χ1v) is 9.38. The van der Waals surface area contributed by atoms with Crippen LogP contribution in [0.1, 0.15) is 21.3 Å². The summed E-state index contributed by atoms with van der Waals surface area (Å²) in [6, 6.07) is 9.34. The van der Waals surface area contributed by atoms with E-state index in [9.17, 15) is 4.79 Å². The lowest BCUT2D eigenvalue weighted by atomic mass is 10.1. The smallest absolute Gasteiger partial charge is 0.252 e. The van der Waals surface area contributed by atoms with Crippen molar-refractivity contribution in [3.63, 3.8) is 0 Å². The molecule has 3 rings (SSSR count). The highest BCUT2D eigenvalue weighted by Gasteiger charge is 2.24. The van der Waals surface area contributed by atoms with Gasteiger partial charge in [-0.1, -0.05) is 35.3 Å². The van der Waals surface area contributed by atoms with E-state index in [0.717, 1.165) is 26.3 Å². The van der Waals surface area contributed by atoms with Gasteiger partial charge in [0.05, 0.1) is 34.9 Å². The Hall–Kier alpha value is -1.11. The maximum absolute atomic E-state index is 12.5. The largest absolute Gasteiger partial charge is 0.379 e. The van der Waals surface area contributed by atoms with Gasteiger partial charge in [0.25, 0.3) is 5.91 Å². The zero-order valence-electron chi connectivity index (χ0n) is 13.0.